The molecule has 0 saturated carbocycles. The van der Waals surface area contributed by atoms with E-state index in [1.165, 1.54) is 24.5 Å². The lowest BCUT2D eigenvalue weighted by molar-refractivity contribution is -0.274. The van der Waals surface area contributed by atoms with Crippen LogP contribution in [0.5, 0.6) is 5.75 Å². The van der Waals surface area contributed by atoms with Crippen LogP contribution < -0.4 is 15.8 Å². The van der Waals surface area contributed by atoms with Crippen LogP contribution in [0.1, 0.15) is 0 Å². The number of nitrogen functional groups attached to an aromatic ring is 1. The lowest BCUT2D eigenvalue weighted by Crippen LogP contribution is -2.18. The number of rotatable bonds is 3. The quantitative estimate of drug-likeness (QED) is 0.888. The van der Waals surface area contributed by atoms with Gasteiger partial charge in [-0.25, -0.2) is 4.98 Å². The number of halogens is 4. The van der Waals surface area contributed by atoms with Crippen LogP contribution in [0.2, 0.25) is 0 Å². The van der Waals surface area contributed by atoms with E-state index in [-0.39, 0.29) is 17.3 Å². The molecular formula is C11H8BrF3N4O. The molecule has 0 saturated heterocycles. The van der Waals surface area contributed by atoms with E-state index in [1.807, 2.05) is 0 Å². The number of hydrogen-bond acceptors (Lipinski definition) is 5. The number of hydrogen-bond donors (Lipinski definition) is 2. The van der Waals surface area contributed by atoms with E-state index in [0.29, 0.717) is 4.47 Å². The van der Waals surface area contributed by atoms with Crippen molar-refractivity contribution in [2.45, 2.75) is 6.36 Å². The predicted molar refractivity (Wildman–Crippen MR) is 70.6 cm³/mol. The molecule has 3 N–H and O–H groups in total. The number of nitrogens with one attached hydrogen (secondary N) is 1. The first-order chi connectivity index (χ1) is 9.33. The van der Waals surface area contributed by atoms with Crippen molar-refractivity contribution in [1.29, 1.82) is 0 Å². The second-order valence-electron chi connectivity index (χ2n) is 3.64. The van der Waals surface area contributed by atoms with Crippen molar-refractivity contribution in [2.75, 3.05) is 11.1 Å². The summed E-state index contributed by atoms with van der Waals surface area (Å²) in [7, 11) is 0. The Morgan fingerprint density at radius 1 is 1.25 bits per heavy atom. The molecule has 5 nitrogen and oxygen atoms in total. The molecule has 1 heterocycles. The van der Waals surface area contributed by atoms with Crippen LogP contribution in [0.4, 0.5) is 30.5 Å². The molecule has 0 amide bonds. The summed E-state index contributed by atoms with van der Waals surface area (Å²) < 4.78 is 41.4. The van der Waals surface area contributed by atoms with Gasteiger partial charge >= 0.3 is 6.36 Å². The minimum atomic E-state index is -4.79. The van der Waals surface area contributed by atoms with E-state index in [1.54, 1.807) is 6.07 Å². The molecule has 9 heteroatoms. The Labute approximate surface area is 120 Å². The Bertz CT molecular complexity index is 621. The summed E-state index contributed by atoms with van der Waals surface area (Å²) in [4.78, 5) is 7.66. The van der Waals surface area contributed by atoms with E-state index in [9.17, 15) is 13.2 Å². The number of ether oxygens (including phenoxy) is 1. The van der Waals surface area contributed by atoms with Gasteiger partial charge in [0.15, 0.2) is 11.6 Å². The van der Waals surface area contributed by atoms with Crippen LogP contribution in [0.3, 0.4) is 0 Å². The van der Waals surface area contributed by atoms with Gasteiger partial charge in [-0.1, -0.05) is 15.9 Å². The average Bonchev–Trinajstić information content (AvgIpc) is 2.31. The summed E-state index contributed by atoms with van der Waals surface area (Å²) >= 11 is 3.08. The largest absolute Gasteiger partial charge is 0.573 e. The summed E-state index contributed by atoms with van der Waals surface area (Å²) in [5, 5.41) is 2.66. The van der Waals surface area contributed by atoms with Gasteiger partial charge in [-0.05, 0) is 18.2 Å². The van der Waals surface area contributed by atoms with Crippen LogP contribution >= 0.6 is 15.9 Å². The summed E-state index contributed by atoms with van der Waals surface area (Å²) in [5.41, 5.74) is 5.53. The molecular weight excluding hydrogens is 341 g/mol. The van der Waals surface area contributed by atoms with Gasteiger partial charge in [0.05, 0.1) is 18.1 Å². The molecule has 0 atom stereocenters. The molecule has 0 aliphatic rings. The summed E-state index contributed by atoms with van der Waals surface area (Å²) in [6.07, 6.45) is -2.14. The molecule has 106 valence electrons. The number of alkyl halides is 3. The van der Waals surface area contributed by atoms with E-state index >= 15 is 0 Å². The van der Waals surface area contributed by atoms with Gasteiger partial charge in [-0.15, -0.1) is 13.2 Å². The van der Waals surface area contributed by atoms with Crippen LogP contribution in [0.15, 0.2) is 35.1 Å². The van der Waals surface area contributed by atoms with Gasteiger partial charge in [-0.3, -0.25) is 4.98 Å². The molecule has 0 fully saturated rings. The summed E-state index contributed by atoms with van der Waals surface area (Å²) in [6, 6.07) is 4.16. The maximum Gasteiger partial charge on any atom is 0.573 e. The minimum Gasteiger partial charge on any atom is -0.404 e. The maximum absolute atomic E-state index is 12.3. The van der Waals surface area contributed by atoms with Gasteiger partial charge in [0, 0.05) is 4.47 Å². The number of aromatic nitrogens is 2. The third-order valence-corrected chi connectivity index (χ3v) is 2.58. The molecule has 1 aromatic heterocycles. The highest BCUT2D eigenvalue weighted by molar-refractivity contribution is 9.10. The highest BCUT2D eigenvalue weighted by Gasteiger charge is 2.32. The second-order valence-corrected chi connectivity index (χ2v) is 4.56. The normalized spacial score (nSPS) is 11.2. The first-order valence-electron chi connectivity index (χ1n) is 5.23. The predicted octanol–water partition coefficient (Wildman–Crippen LogP) is 3.46. The van der Waals surface area contributed by atoms with Crippen molar-refractivity contribution in [2.24, 2.45) is 0 Å². The van der Waals surface area contributed by atoms with Crippen LogP contribution in [-0.2, 0) is 0 Å². The number of anilines is 3. The fourth-order valence-corrected chi connectivity index (χ4v) is 1.73. The van der Waals surface area contributed by atoms with E-state index in [0.717, 1.165) is 0 Å². The Morgan fingerprint density at radius 3 is 2.65 bits per heavy atom. The highest BCUT2D eigenvalue weighted by atomic mass is 79.9. The first-order valence-corrected chi connectivity index (χ1v) is 6.02. The molecule has 0 aliphatic heterocycles. The average molecular weight is 349 g/mol. The van der Waals surface area contributed by atoms with Crippen molar-refractivity contribution >= 4 is 33.3 Å². The van der Waals surface area contributed by atoms with Gasteiger partial charge in [0.25, 0.3) is 0 Å². The molecule has 0 aliphatic carbocycles. The maximum atomic E-state index is 12.3. The molecule has 20 heavy (non-hydrogen) atoms. The van der Waals surface area contributed by atoms with E-state index in [2.05, 4.69) is 36.0 Å². The van der Waals surface area contributed by atoms with Crippen LogP contribution in [0, 0.1) is 0 Å². The first kappa shape index (κ1) is 14.4. The van der Waals surface area contributed by atoms with Crippen LogP contribution in [-0.4, -0.2) is 16.3 Å². The van der Waals surface area contributed by atoms with Gasteiger partial charge in [0.2, 0.25) is 0 Å². The highest BCUT2D eigenvalue weighted by Crippen LogP contribution is 2.34. The number of nitrogens with two attached hydrogens (primary N) is 1. The zero-order valence-corrected chi connectivity index (χ0v) is 11.4. The van der Waals surface area contributed by atoms with Crippen molar-refractivity contribution in [3.05, 3.63) is 35.1 Å². The van der Waals surface area contributed by atoms with E-state index in [4.69, 9.17) is 5.73 Å². The summed E-state index contributed by atoms with van der Waals surface area (Å²) in [6.45, 7) is 0. The molecule has 0 bridgehead atoms. The fraction of sp³-hybridized carbons (Fsp3) is 0.0909. The van der Waals surface area contributed by atoms with Crippen molar-refractivity contribution in [3.8, 4) is 5.75 Å². The zero-order valence-electron chi connectivity index (χ0n) is 9.78. The van der Waals surface area contributed by atoms with Crippen molar-refractivity contribution < 1.29 is 17.9 Å². The summed E-state index contributed by atoms with van der Waals surface area (Å²) in [5.74, 6) is -0.0409. The Morgan fingerprint density at radius 2 is 2.00 bits per heavy atom. The minimum absolute atomic E-state index is 0.0884. The topological polar surface area (TPSA) is 73.1 Å². The van der Waals surface area contributed by atoms with Crippen LogP contribution in [0.25, 0.3) is 0 Å². The van der Waals surface area contributed by atoms with Gasteiger partial charge in [0.1, 0.15) is 5.82 Å². The smallest absolute Gasteiger partial charge is 0.404 e. The molecule has 2 aromatic rings. The molecule has 0 unspecified atom stereocenters. The Kier molecular flexibility index (Phi) is 3.98. The number of benzene rings is 1. The molecule has 0 spiro atoms. The third-order valence-electron chi connectivity index (χ3n) is 2.09. The third kappa shape index (κ3) is 3.98. The lowest BCUT2D eigenvalue weighted by atomic mass is 10.3. The lowest BCUT2D eigenvalue weighted by Gasteiger charge is -2.14. The second kappa shape index (κ2) is 5.53. The van der Waals surface area contributed by atoms with Gasteiger partial charge in [-0.2, -0.15) is 0 Å². The SMILES string of the molecule is Nc1cncc(Nc2ccc(Br)cc2OC(F)(F)F)n1. The molecule has 0 radical (unpaired) electrons. The fourth-order valence-electron chi connectivity index (χ4n) is 1.39. The van der Waals surface area contributed by atoms with Gasteiger partial charge < -0.3 is 15.8 Å². The van der Waals surface area contributed by atoms with E-state index < -0.39 is 12.1 Å². The van der Waals surface area contributed by atoms with Crippen molar-refractivity contribution in [1.82, 2.24) is 9.97 Å². The molecule has 2 rings (SSSR count). The molecule has 1 aromatic carbocycles. The zero-order chi connectivity index (χ0) is 14.8. The Hall–Kier alpha value is -2.03. The Balaban J connectivity index is 2.31. The standard InChI is InChI=1S/C11H8BrF3N4O/c12-6-1-2-7(8(3-6)20-11(13,14)15)18-10-5-17-4-9(16)19-10/h1-5H,(H3,16,18,19). The number of nitrogens with zero attached hydrogens (tertiary/aromatic N) is 2. The van der Waals surface area contributed by atoms with Crippen molar-refractivity contribution in [3.63, 3.8) is 0 Å². The monoisotopic (exact) mass is 348 g/mol.